The van der Waals surface area contributed by atoms with Crippen LogP contribution in [0.4, 0.5) is 10.2 Å². The lowest BCUT2D eigenvalue weighted by atomic mass is 9.92. The number of carbonyl (C=O) groups is 1. The average Bonchev–Trinajstić information content (AvgIpc) is 3.00. The van der Waals surface area contributed by atoms with Crippen molar-refractivity contribution in [1.29, 1.82) is 0 Å². The monoisotopic (exact) mass is 349 g/mol. The number of thiophene rings is 1. The maximum Gasteiger partial charge on any atom is 0.261 e. The minimum Gasteiger partial charge on any atom is -0.386 e. The van der Waals surface area contributed by atoms with Crippen molar-refractivity contribution >= 4 is 23.1 Å². The first-order valence-corrected chi connectivity index (χ1v) is 8.76. The highest BCUT2D eigenvalue weighted by Gasteiger charge is 2.34. The standard InChI is InChI=1S/C17H20FN3O2S/c1-12-5-8-24-15(12)16(22)20-10-17(23)6-2-7-21(11-17)14-4-3-13(18)9-19-14/h3-5,8-9,23H,2,6-7,10-11H2,1H3,(H,20,22). The lowest BCUT2D eigenvalue weighted by Crippen LogP contribution is -2.54. The quantitative estimate of drug-likeness (QED) is 0.889. The number of aromatic nitrogens is 1. The summed E-state index contributed by atoms with van der Waals surface area (Å²) in [6.45, 7) is 3.18. The highest BCUT2D eigenvalue weighted by molar-refractivity contribution is 7.12. The summed E-state index contributed by atoms with van der Waals surface area (Å²) >= 11 is 1.39. The van der Waals surface area contributed by atoms with E-state index in [0.29, 0.717) is 23.7 Å². The van der Waals surface area contributed by atoms with Gasteiger partial charge in [-0.25, -0.2) is 9.37 Å². The first-order valence-electron chi connectivity index (χ1n) is 7.88. The number of rotatable bonds is 4. The number of aliphatic hydroxyl groups is 1. The lowest BCUT2D eigenvalue weighted by molar-refractivity contribution is 0.0255. The van der Waals surface area contributed by atoms with Crippen molar-refractivity contribution in [3.8, 4) is 0 Å². The second-order valence-corrected chi connectivity index (χ2v) is 7.12. The minimum absolute atomic E-state index is 0.159. The summed E-state index contributed by atoms with van der Waals surface area (Å²) in [5.74, 6) is 0.0903. The number of carbonyl (C=O) groups excluding carboxylic acids is 1. The molecule has 1 saturated heterocycles. The van der Waals surface area contributed by atoms with Crippen LogP contribution in [0.25, 0.3) is 0 Å². The molecule has 1 amide bonds. The maximum absolute atomic E-state index is 13.0. The van der Waals surface area contributed by atoms with E-state index in [-0.39, 0.29) is 18.3 Å². The number of nitrogens with one attached hydrogen (secondary N) is 1. The molecule has 2 aromatic rings. The second kappa shape index (κ2) is 6.86. The van der Waals surface area contributed by atoms with Gasteiger partial charge in [0.25, 0.3) is 5.91 Å². The highest BCUT2D eigenvalue weighted by atomic mass is 32.1. The smallest absolute Gasteiger partial charge is 0.261 e. The van der Waals surface area contributed by atoms with Crippen LogP contribution in [0.1, 0.15) is 28.1 Å². The van der Waals surface area contributed by atoms with Gasteiger partial charge in [0.1, 0.15) is 11.6 Å². The Hall–Kier alpha value is -1.99. The van der Waals surface area contributed by atoms with Crippen LogP contribution in [-0.4, -0.2) is 41.2 Å². The second-order valence-electron chi connectivity index (χ2n) is 6.20. The normalized spacial score (nSPS) is 20.9. The predicted octanol–water partition coefficient (Wildman–Crippen LogP) is 2.35. The molecule has 24 heavy (non-hydrogen) atoms. The molecule has 1 aliphatic rings. The third-order valence-electron chi connectivity index (χ3n) is 4.24. The summed E-state index contributed by atoms with van der Waals surface area (Å²) in [7, 11) is 0. The van der Waals surface area contributed by atoms with Gasteiger partial charge in [-0.1, -0.05) is 0 Å². The number of hydrogen-bond acceptors (Lipinski definition) is 5. The first-order chi connectivity index (χ1) is 11.5. The van der Waals surface area contributed by atoms with E-state index >= 15 is 0 Å². The van der Waals surface area contributed by atoms with Gasteiger partial charge in [0.2, 0.25) is 0 Å². The van der Waals surface area contributed by atoms with Gasteiger partial charge >= 0.3 is 0 Å². The Morgan fingerprint density at radius 3 is 3.00 bits per heavy atom. The van der Waals surface area contributed by atoms with Crippen molar-refractivity contribution < 1.29 is 14.3 Å². The number of pyridine rings is 1. The van der Waals surface area contributed by atoms with Gasteiger partial charge in [0.05, 0.1) is 16.7 Å². The van der Waals surface area contributed by atoms with E-state index in [2.05, 4.69) is 10.3 Å². The Morgan fingerprint density at radius 1 is 1.50 bits per heavy atom. The minimum atomic E-state index is -1.02. The molecule has 0 aliphatic carbocycles. The molecule has 7 heteroatoms. The molecule has 0 bridgehead atoms. The molecule has 0 aromatic carbocycles. The summed E-state index contributed by atoms with van der Waals surface area (Å²) < 4.78 is 13.0. The first kappa shape index (κ1) is 16.9. The van der Waals surface area contributed by atoms with Crippen molar-refractivity contribution in [3.63, 3.8) is 0 Å². The van der Waals surface area contributed by atoms with E-state index in [9.17, 15) is 14.3 Å². The van der Waals surface area contributed by atoms with Crippen LogP contribution in [0.5, 0.6) is 0 Å². The fraction of sp³-hybridized carbons (Fsp3) is 0.412. The zero-order chi connectivity index (χ0) is 17.2. The lowest BCUT2D eigenvalue weighted by Gasteiger charge is -2.39. The third-order valence-corrected chi connectivity index (χ3v) is 5.25. The predicted molar refractivity (Wildman–Crippen MR) is 92.0 cm³/mol. The van der Waals surface area contributed by atoms with Crippen LogP contribution in [0.15, 0.2) is 29.8 Å². The van der Waals surface area contributed by atoms with Gasteiger partial charge in [-0.15, -0.1) is 11.3 Å². The molecule has 0 radical (unpaired) electrons. The van der Waals surface area contributed by atoms with Crippen LogP contribution in [0.2, 0.25) is 0 Å². The molecular weight excluding hydrogens is 329 g/mol. The number of aryl methyl sites for hydroxylation is 1. The molecule has 5 nitrogen and oxygen atoms in total. The van der Waals surface area contributed by atoms with Gasteiger partial charge in [0, 0.05) is 19.6 Å². The Morgan fingerprint density at radius 2 is 2.33 bits per heavy atom. The van der Waals surface area contributed by atoms with E-state index in [1.807, 2.05) is 23.3 Å². The summed E-state index contributed by atoms with van der Waals surface area (Å²) in [6.07, 6.45) is 2.56. The molecule has 3 heterocycles. The molecule has 0 spiro atoms. The van der Waals surface area contributed by atoms with E-state index in [1.165, 1.54) is 23.6 Å². The Bertz CT molecular complexity index is 719. The van der Waals surface area contributed by atoms with E-state index in [4.69, 9.17) is 0 Å². The summed E-state index contributed by atoms with van der Waals surface area (Å²) in [6, 6.07) is 4.86. The molecule has 3 rings (SSSR count). The largest absolute Gasteiger partial charge is 0.386 e. The van der Waals surface area contributed by atoms with Gasteiger partial charge in [-0.3, -0.25) is 4.79 Å². The van der Waals surface area contributed by atoms with E-state index in [0.717, 1.165) is 18.5 Å². The SMILES string of the molecule is Cc1ccsc1C(=O)NCC1(O)CCCN(c2ccc(F)cn2)C1. The van der Waals surface area contributed by atoms with Gasteiger partial charge < -0.3 is 15.3 Å². The maximum atomic E-state index is 13.0. The number of anilines is 1. The van der Waals surface area contributed by atoms with Crippen LogP contribution < -0.4 is 10.2 Å². The number of hydrogen-bond donors (Lipinski definition) is 2. The highest BCUT2D eigenvalue weighted by Crippen LogP contribution is 2.25. The molecular formula is C17H20FN3O2S. The Kier molecular flexibility index (Phi) is 4.82. The van der Waals surface area contributed by atoms with Crippen molar-refractivity contribution in [2.75, 3.05) is 24.5 Å². The molecule has 2 aromatic heterocycles. The molecule has 128 valence electrons. The van der Waals surface area contributed by atoms with Crippen LogP contribution in [0, 0.1) is 12.7 Å². The number of amides is 1. The average molecular weight is 349 g/mol. The zero-order valence-corrected chi connectivity index (χ0v) is 14.3. The summed E-state index contributed by atoms with van der Waals surface area (Å²) in [5, 5.41) is 15.5. The van der Waals surface area contributed by atoms with E-state index in [1.54, 1.807) is 6.07 Å². The molecule has 1 fully saturated rings. The molecule has 2 N–H and O–H groups in total. The van der Waals surface area contributed by atoms with Gasteiger partial charge in [-0.05, 0) is 48.9 Å². The number of halogens is 1. The zero-order valence-electron chi connectivity index (χ0n) is 13.5. The van der Waals surface area contributed by atoms with Crippen LogP contribution >= 0.6 is 11.3 Å². The van der Waals surface area contributed by atoms with Crippen molar-refractivity contribution in [1.82, 2.24) is 10.3 Å². The van der Waals surface area contributed by atoms with Gasteiger partial charge in [-0.2, -0.15) is 0 Å². The fourth-order valence-corrected chi connectivity index (χ4v) is 3.78. The molecule has 0 saturated carbocycles. The number of β-amino-alcohol motifs (C(OH)–C–C–N with tert-alkyl or cyclic N) is 1. The topological polar surface area (TPSA) is 65.5 Å². The van der Waals surface area contributed by atoms with Gasteiger partial charge in [0.15, 0.2) is 0 Å². The molecule has 1 atom stereocenters. The third kappa shape index (κ3) is 3.73. The van der Waals surface area contributed by atoms with Crippen LogP contribution in [-0.2, 0) is 0 Å². The number of nitrogens with zero attached hydrogens (tertiary/aromatic N) is 2. The Balaban J connectivity index is 1.63. The van der Waals surface area contributed by atoms with Crippen molar-refractivity contribution in [2.45, 2.75) is 25.4 Å². The molecule has 1 aliphatic heterocycles. The van der Waals surface area contributed by atoms with Crippen molar-refractivity contribution in [2.24, 2.45) is 0 Å². The Labute approximate surface area is 144 Å². The van der Waals surface area contributed by atoms with E-state index < -0.39 is 5.60 Å². The fourth-order valence-electron chi connectivity index (χ4n) is 2.94. The molecule has 1 unspecified atom stereocenters. The number of piperidine rings is 1. The summed E-state index contributed by atoms with van der Waals surface area (Å²) in [5.41, 5.74) is -0.0833. The van der Waals surface area contributed by atoms with Crippen LogP contribution in [0.3, 0.4) is 0 Å². The summed E-state index contributed by atoms with van der Waals surface area (Å²) in [4.78, 5) is 18.9. The van der Waals surface area contributed by atoms with Crippen molar-refractivity contribution in [3.05, 3.63) is 46.0 Å².